The number of H-pyrrole nitrogens is 1. The van der Waals surface area contributed by atoms with Crippen LogP contribution >= 0.6 is 11.6 Å². The Morgan fingerprint density at radius 3 is 2.37 bits per heavy atom. The molecule has 0 amide bonds. The van der Waals surface area contributed by atoms with E-state index in [0.717, 1.165) is 32.1 Å². The van der Waals surface area contributed by atoms with Gasteiger partial charge in [-0.2, -0.15) is 0 Å². The van der Waals surface area contributed by atoms with Crippen LogP contribution in [0.1, 0.15) is 63.5 Å². The van der Waals surface area contributed by atoms with Crippen molar-refractivity contribution in [2.75, 3.05) is 0 Å². The molecule has 1 heterocycles. The average Bonchev–Trinajstić information content (AvgIpc) is 2.76. The smallest absolute Gasteiger partial charge is 0.297 e. The first-order valence-corrected chi connectivity index (χ1v) is 7.34. The molecule has 0 bridgehead atoms. The summed E-state index contributed by atoms with van der Waals surface area (Å²) in [6.07, 6.45) is 5.13. The molecular formula is C14H19ClN2O2. The summed E-state index contributed by atoms with van der Waals surface area (Å²) in [4.78, 5) is 27.3. The van der Waals surface area contributed by atoms with Crippen LogP contribution in [0.5, 0.6) is 0 Å². The second-order valence-corrected chi connectivity index (χ2v) is 6.90. The summed E-state index contributed by atoms with van der Waals surface area (Å²) in [6, 6.07) is 0.0150. The maximum absolute atomic E-state index is 12.6. The predicted octanol–water partition coefficient (Wildman–Crippen LogP) is 2.82. The van der Waals surface area contributed by atoms with Crippen LogP contribution in [-0.2, 0) is 0 Å². The molecule has 0 radical (unpaired) electrons. The van der Waals surface area contributed by atoms with Crippen LogP contribution in [0.15, 0.2) is 9.59 Å². The Balaban J connectivity index is 2.13. The molecule has 2 aliphatic carbocycles. The number of hydrogen-bond donors (Lipinski definition) is 1. The second kappa shape index (κ2) is 4.23. The van der Waals surface area contributed by atoms with Crippen molar-refractivity contribution in [3.8, 4) is 0 Å². The Hall–Kier alpha value is -1.03. The highest BCUT2D eigenvalue weighted by molar-refractivity contribution is 6.30. The summed E-state index contributed by atoms with van der Waals surface area (Å²) in [5.41, 5.74) is 0.127. The van der Waals surface area contributed by atoms with Crippen LogP contribution < -0.4 is 11.2 Å². The number of nitrogens with zero attached hydrogens (tertiary/aromatic N) is 1. The fraction of sp³-hybridized carbons (Fsp3) is 0.714. The Morgan fingerprint density at radius 2 is 1.84 bits per heavy atom. The number of halogens is 1. The SMILES string of the molecule is CC1(C)CC1n1c(=O)[nH]c(Cl)c(C2CCCC2)c1=O. The topological polar surface area (TPSA) is 54.9 Å². The van der Waals surface area contributed by atoms with Crippen LogP contribution in [0.4, 0.5) is 0 Å². The summed E-state index contributed by atoms with van der Waals surface area (Å²) >= 11 is 6.11. The van der Waals surface area contributed by atoms with E-state index in [4.69, 9.17) is 11.6 Å². The number of rotatable bonds is 2. The Kier molecular flexibility index (Phi) is 2.89. The fourth-order valence-corrected chi connectivity index (χ4v) is 3.58. The predicted molar refractivity (Wildman–Crippen MR) is 75.0 cm³/mol. The molecule has 1 aromatic rings. The standard InChI is InChI=1S/C14H19ClN2O2/c1-14(2)7-9(14)17-12(18)10(8-5-3-4-6-8)11(15)16-13(17)19/h8-9H,3-7H2,1-2H3,(H,16,19). The minimum atomic E-state index is -0.368. The quantitative estimate of drug-likeness (QED) is 0.848. The Bertz CT molecular complexity index is 623. The molecule has 0 saturated heterocycles. The van der Waals surface area contributed by atoms with Gasteiger partial charge in [0.2, 0.25) is 0 Å². The average molecular weight is 283 g/mol. The van der Waals surface area contributed by atoms with Crippen molar-refractivity contribution in [1.82, 2.24) is 9.55 Å². The van der Waals surface area contributed by atoms with E-state index in [-0.39, 0.29) is 33.8 Å². The maximum atomic E-state index is 12.6. The van der Waals surface area contributed by atoms with Gasteiger partial charge < -0.3 is 0 Å². The lowest BCUT2D eigenvalue weighted by Gasteiger charge is -2.14. The molecule has 1 unspecified atom stereocenters. The van der Waals surface area contributed by atoms with E-state index >= 15 is 0 Å². The Morgan fingerprint density at radius 1 is 1.26 bits per heavy atom. The van der Waals surface area contributed by atoms with Crippen molar-refractivity contribution in [2.24, 2.45) is 5.41 Å². The molecule has 2 aliphatic rings. The van der Waals surface area contributed by atoms with Crippen LogP contribution in [0.25, 0.3) is 0 Å². The summed E-state index contributed by atoms with van der Waals surface area (Å²) in [5.74, 6) is 0.213. The molecule has 19 heavy (non-hydrogen) atoms. The van der Waals surface area contributed by atoms with Crippen LogP contribution in [-0.4, -0.2) is 9.55 Å². The van der Waals surface area contributed by atoms with Crippen LogP contribution in [0.3, 0.4) is 0 Å². The van der Waals surface area contributed by atoms with Gasteiger partial charge in [0.15, 0.2) is 0 Å². The first-order valence-electron chi connectivity index (χ1n) is 6.96. The van der Waals surface area contributed by atoms with Gasteiger partial charge >= 0.3 is 5.69 Å². The largest absolute Gasteiger partial charge is 0.329 e. The van der Waals surface area contributed by atoms with Gasteiger partial charge in [-0.05, 0) is 30.6 Å². The molecule has 2 fully saturated rings. The monoisotopic (exact) mass is 282 g/mol. The number of hydrogen-bond acceptors (Lipinski definition) is 2. The molecule has 0 aliphatic heterocycles. The van der Waals surface area contributed by atoms with Gasteiger partial charge in [0.1, 0.15) is 5.15 Å². The lowest BCUT2D eigenvalue weighted by molar-refractivity contribution is 0.506. The highest BCUT2D eigenvalue weighted by Gasteiger charge is 2.49. The molecular weight excluding hydrogens is 264 g/mol. The Labute approximate surface area is 116 Å². The number of aromatic nitrogens is 2. The van der Waals surface area contributed by atoms with Crippen molar-refractivity contribution in [2.45, 2.75) is 57.9 Å². The van der Waals surface area contributed by atoms with E-state index in [0.29, 0.717) is 5.56 Å². The first kappa shape index (κ1) is 13.0. The molecule has 5 heteroatoms. The third kappa shape index (κ3) is 2.06. The fourth-order valence-electron chi connectivity index (χ4n) is 3.27. The van der Waals surface area contributed by atoms with E-state index in [9.17, 15) is 9.59 Å². The number of nitrogens with one attached hydrogen (secondary N) is 1. The molecule has 0 spiro atoms. The van der Waals surface area contributed by atoms with Crippen molar-refractivity contribution < 1.29 is 0 Å². The molecule has 104 valence electrons. The van der Waals surface area contributed by atoms with Crippen molar-refractivity contribution in [1.29, 1.82) is 0 Å². The lowest BCUT2D eigenvalue weighted by Crippen LogP contribution is -2.38. The summed E-state index contributed by atoms with van der Waals surface area (Å²) in [5, 5.41) is 0.247. The van der Waals surface area contributed by atoms with Crippen molar-refractivity contribution in [3.05, 3.63) is 31.6 Å². The molecule has 1 aromatic heterocycles. The summed E-state index contributed by atoms with van der Waals surface area (Å²) in [7, 11) is 0. The van der Waals surface area contributed by atoms with Gasteiger partial charge in [0.05, 0.1) is 5.56 Å². The minimum Gasteiger partial charge on any atom is -0.297 e. The van der Waals surface area contributed by atoms with Gasteiger partial charge in [-0.1, -0.05) is 38.3 Å². The zero-order valence-electron chi connectivity index (χ0n) is 11.3. The molecule has 1 N–H and O–H groups in total. The van der Waals surface area contributed by atoms with Crippen molar-refractivity contribution >= 4 is 11.6 Å². The summed E-state index contributed by atoms with van der Waals surface area (Å²) in [6.45, 7) is 4.15. The molecule has 2 saturated carbocycles. The van der Waals surface area contributed by atoms with E-state index in [1.165, 1.54) is 4.57 Å². The van der Waals surface area contributed by atoms with E-state index < -0.39 is 0 Å². The van der Waals surface area contributed by atoms with Gasteiger partial charge in [-0.15, -0.1) is 0 Å². The third-order valence-electron chi connectivity index (χ3n) is 4.66. The number of aromatic amines is 1. The highest BCUT2D eigenvalue weighted by Crippen LogP contribution is 2.54. The summed E-state index contributed by atoms with van der Waals surface area (Å²) < 4.78 is 1.39. The van der Waals surface area contributed by atoms with Gasteiger partial charge in [-0.25, -0.2) is 4.79 Å². The molecule has 3 rings (SSSR count). The first-order chi connectivity index (χ1) is 8.92. The van der Waals surface area contributed by atoms with Crippen molar-refractivity contribution in [3.63, 3.8) is 0 Å². The third-order valence-corrected chi connectivity index (χ3v) is 4.96. The second-order valence-electron chi connectivity index (χ2n) is 6.52. The van der Waals surface area contributed by atoms with E-state index in [1.807, 2.05) is 0 Å². The van der Waals surface area contributed by atoms with Gasteiger partial charge in [-0.3, -0.25) is 14.3 Å². The van der Waals surface area contributed by atoms with Gasteiger partial charge in [0.25, 0.3) is 5.56 Å². The maximum Gasteiger partial charge on any atom is 0.329 e. The lowest BCUT2D eigenvalue weighted by atomic mass is 10.0. The van der Waals surface area contributed by atoms with Crippen LogP contribution in [0.2, 0.25) is 5.15 Å². The normalized spacial score (nSPS) is 25.7. The van der Waals surface area contributed by atoms with E-state index in [1.54, 1.807) is 0 Å². The molecule has 4 nitrogen and oxygen atoms in total. The van der Waals surface area contributed by atoms with Crippen LogP contribution in [0, 0.1) is 5.41 Å². The highest BCUT2D eigenvalue weighted by atomic mass is 35.5. The zero-order chi connectivity index (χ0) is 13.8. The molecule has 1 atom stereocenters. The van der Waals surface area contributed by atoms with Gasteiger partial charge in [0, 0.05) is 6.04 Å². The van der Waals surface area contributed by atoms with E-state index in [2.05, 4.69) is 18.8 Å². The minimum absolute atomic E-state index is 0.0150. The molecule has 0 aromatic carbocycles. The zero-order valence-corrected chi connectivity index (χ0v) is 12.1.